The van der Waals surface area contributed by atoms with Gasteiger partial charge >= 0.3 is 0 Å². The lowest BCUT2D eigenvalue weighted by Crippen LogP contribution is -2.41. The molecule has 1 aromatic rings. The second-order valence-electron chi connectivity index (χ2n) is 6.05. The first-order valence-electron chi connectivity index (χ1n) is 8.26. The summed E-state index contributed by atoms with van der Waals surface area (Å²) in [5.74, 6) is -0.258. The van der Waals surface area contributed by atoms with Crippen molar-refractivity contribution in [2.45, 2.75) is 38.0 Å². The van der Waals surface area contributed by atoms with Gasteiger partial charge in [-0.15, -0.1) is 0 Å². The lowest BCUT2D eigenvalue weighted by Gasteiger charge is -2.24. The monoisotopic (exact) mass is 369 g/mol. The SMILES string of the molecule is CCCCN(C)C(=O)CN(CCc1ccc(S(N)(=O)=O)cc1)C(C)=O. The summed E-state index contributed by atoms with van der Waals surface area (Å²) in [4.78, 5) is 27.1. The number of nitrogens with zero attached hydrogens (tertiary/aromatic N) is 2. The first kappa shape index (κ1) is 21.1. The average molecular weight is 369 g/mol. The standard InChI is InChI=1S/C17H27N3O4S/c1-4-5-11-19(3)17(22)13-20(14(2)21)12-10-15-6-8-16(9-7-15)25(18,23)24/h6-9H,4-5,10-13H2,1-3H3,(H2,18,23,24). The van der Waals surface area contributed by atoms with Crippen molar-refractivity contribution >= 4 is 21.8 Å². The Kier molecular flexibility index (Phi) is 8.05. The van der Waals surface area contributed by atoms with Crippen LogP contribution in [0.25, 0.3) is 0 Å². The molecule has 0 saturated heterocycles. The van der Waals surface area contributed by atoms with Crippen molar-refractivity contribution in [1.29, 1.82) is 0 Å². The maximum atomic E-state index is 12.2. The topological polar surface area (TPSA) is 101 Å². The molecule has 1 aromatic carbocycles. The zero-order valence-electron chi connectivity index (χ0n) is 15.1. The number of rotatable bonds is 9. The number of likely N-dealkylation sites (N-methyl/N-ethyl adjacent to an activating group) is 1. The summed E-state index contributed by atoms with van der Waals surface area (Å²) < 4.78 is 22.5. The van der Waals surface area contributed by atoms with Crippen molar-refractivity contribution < 1.29 is 18.0 Å². The second-order valence-corrected chi connectivity index (χ2v) is 7.61. The lowest BCUT2D eigenvalue weighted by atomic mass is 10.1. The molecule has 0 bridgehead atoms. The molecule has 0 atom stereocenters. The van der Waals surface area contributed by atoms with Gasteiger partial charge in [-0.1, -0.05) is 25.5 Å². The van der Waals surface area contributed by atoms with E-state index in [1.807, 2.05) is 0 Å². The average Bonchev–Trinajstić information content (AvgIpc) is 2.55. The van der Waals surface area contributed by atoms with Crippen LogP contribution in [0.15, 0.2) is 29.2 Å². The Labute approximate surface area is 149 Å². The van der Waals surface area contributed by atoms with Crippen LogP contribution in [0.5, 0.6) is 0 Å². The molecule has 0 aromatic heterocycles. The van der Waals surface area contributed by atoms with E-state index in [2.05, 4.69) is 6.92 Å². The maximum Gasteiger partial charge on any atom is 0.241 e. The molecule has 1 rings (SSSR count). The van der Waals surface area contributed by atoms with Gasteiger partial charge in [0.25, 0.3) is 0 Å². The molecule has 7 nitrogen and oxygen atoms in total. The van der Waals surface area contributed by atoms with Crippen molar-refractivity contribution in [3.63, 3.8) is 0 Å². The van der Waals surface area contributed by atoms with E-state index in [0.29, 0.717) is 19.5 Å². The number of carbonyl (C=O) groups is 2. The molecular weight excluding hydrogens is 342 g/mol. The zero-order chi connectivity index (χ0) is 19.0. The van der Waals surface area contributed by atoms with E-state index in [4.69, 9.17) is 5.14 Å². The Balaban J connectivity index is 2.64. The molecular formula is C17H27N3O4S. The fourth-order valence-electron chi connectivity index (χ4n) is 2.26. The number of hydrogen-bond donors (Lipinski definition) is 1. The molecule has 0 aliphatic carbocycles. The third-order valence-electron chi connectivity index (χ3n) is 3.97. The van der Waals surface area contributed by atoms with Gasteiger partial charge in [0.15, 0.2) is 0 Å². The van der Waals surface area contributed by atoms with Gasteiger partial charge in [0.05, 0.1) is 11.4 Å². The van der Waals surface area contributed by atoms with Crippen molar-refractivity contribution in [2.24, 2.45) is 5.14 Å². The van der Waals surface area contributed by atoms with Gasteiger partial charge < -0.3 is 9.80 Å². The van der Waals surface area contributed by atoms with Crippen LogP contribution in [0.1, 0.15) is 32.3 Å². The zero-order valence-corrected chi connectivity index (χ0v) is 15.9. The normalized spacial score (nSPS) is 11.2. The number of benzene rings is 1. The largest absolute Gasteiger partial charge is 0.344 e. The number of nitrogens with two attached hydrogens (primary N) is 1. The summed E-state index contributed by atoms with van der Waals surface area (Å²) >= 11 is 0. The summed E-state index contributed by atoms with van der Waals surface area (Å²) in [6.07, 6.45) is 2.46. The van der Waals surface area contributed by atoms with E-state index in [1.165, 1.54) is 24.0 Å². The maximum absolute atomic E-state index is 12.2. The summed E-state index contributed by atoms with van der Waals surface area (Å²) in [5.41, 5.74) is 0.866. The molecule has 2 amide bonds. The highest BCUT2D eigenvalue weighted by Gasteiger charge is 2.16. The Hall–Kier alpha value is -1.93. The van der Waals surface area contributed by atoms with Crippen LogP contribution in [0.4, 0.5) is 0 Å². The highest BCUT2D eigenvalue weighted by Crippen LogP contribution is 2.10. The van der Waals surface area contributed by atoms with E-state index < -0.39 is 10.0 Å². The van der Waals surface area contributed by atoms with E-state index in [1.54, 1.807) is 24.1 Å². The number of amides is 2. The number of unbranched alkanes of at least 4 members (excludes halogenated alkanes) is 1. The smallest absolute Gasteiger partial charge is 0.241 e. The number of primary sulfonamides is 1. The van der Waals surface area contributed by atoms with Gasteiger partial charge in [-0.3, -0.25) is 9.59 Å². The molecule has 0 radical (unpaired) electrons. The van der Waals surface area contributed by atoms with Gasteiger partial charge in [0.1, 0.15) is 0 Å². The molecule has 0 unspecified atom stereocenters. The predicted octanol–water partition coefficient (Wildman–Crippen LogP) is 0.984. The highest BCUT2D eigenvalue weighted by molar-refractivity contribution is 7.89. The highest BCUT2D eigenvalue weighted by atomic mass is 32.2. The summed E-state index contributed by atoms with van der Waals surface area (Å²) in [5, 5.41) is 5.06. The number of hydrogen-bond acceptors (Lipinski definition) is 4. The third-order valence-corrected chi connectivity index (χ3v) is 4.90. The molecule has 140 valence electrons. The van der Waals surface area contributed by atoms with Crippen LogP contribution >= 0.6 is 0 Å². The lowest BCUT2D eigenvalue weighted by molar-refractivity contribution is -0.138. The molecule has 0 aliphatic heterocycles. The molecule has 0 aliphatic rings. The van der Waals surface area contributed by atoms with Crippen molar-refractivity contribution in [3.05, 3.63) is 29.8 Å². The minimum absolute atomic E-state index is 0.0464. The van der Waals surface area contributed by atoms with Crippen LogP contribution in [-0.4, -0.2) is 56.7 Å². The summed E-state index contributed by atoms with van der Waals surface area (Å²) in [6, 6.07) is 6.19. The van der Waals surface area contributed by atoms with Crippen molar-refractivity contribution in [1.82, 2.24) is 9.80 Å². The van der Waals surface area contributed by atoms with Gasteiger partial charge in [0.2, 0.25) is 21.8 Å². The molecule has 0 heterocycles. The molecule has 2 N–H and O–H groups in total. The van der Waals surface area contributed by atoms with Crippen molar-refractivity contribution in [3.8, 4) is 0 Å². The Morgan fingerprint density at radius 3 is 2.20 bits per heavy atom. The second kappa shape index (κ2) is 9.53. The van der Waals surface area contributed by atoms with Crippen LogP contribution in [-0.2, 0) is 26.0 Å². The molecule has 0 fully saturated rings. The van der Waals surface area contributed by atoms with Gasteiger partial charge in [0, 0.05) is 27.1 Å². The minimum Gasteiger partial charge on any atom is -0.344 e. The first-order chi connectivity index (χ1) is 11.6. The predicted molar refractivity (Wildman–Crippen MR) is 96.3 cm³/mol. The van der Waals surface area contributed by atoms with E-state index in [9.17, 15) is 18.0 Å². The molecule has 0 spiro atoms. The fraction of sp³-hybridized carbons (Fsp3) is 0.529. The summed E-state index contributed by atoms with van der Waals surface area (Å²) in [6.45, 7) is 4.60. The molecule has 8 heteroatoms. The third kappa shape index (κ3) is 7.23. The quantitative estimate of drug-likeness (QED) is 0.701. The van der Waals surface area contributed by atoms with Crippen LogP contribution < -0.4 is 5.14 Å². The van der Waals surface area contributed by atoms with Gasteiger partial charge in [-0.2, -0.15) is 0 Å². The first-order valence-corrected chi connectivity index (χ1v) is 9.81. The van der Waals surface area contributed by atoms with Gasteiger partial charge in [-0.25, -0.2) is 13.6 Å². The number of sulfonamides is 1. The van der Waals surface area contributed by atoms with E-state index >= 15 is 0 Å². The van der Waals surface area contributed by atoms with E-state index in [0.717, 1.165) is 18.4 Å². The van der Waals surface area contributed by atoms with Crippen LogP contribution in [0.2, 0.25) is 0 Å². The summed E-state index contributed by atoms with van der Waals surface area (Å²) in [7, 11) is -1.97. The Bertz CT molecular complexity index is 686. The fourth-order valence-corrected chi connectivity index (χ4v) is 2.78. The van der Waals surface area contributed by atoms with E-state index in [-0.39, 0.29) is 23.3 Å². The molecule has 0 saturated carbocycles. The number of carbonyl (C=O) groups excluding carboxylic acids is 2. The Morgan fingerprint density at radius 2 is 1.72 bits per heavy atom. The minimum atomic E-state index is -3.71. The van der Waals surface area contributed by atoms with Gasteiger partial charge in [-0.05, 0) is 30.5 Å². The molecule has 25 heavy (non-hydrogen) atoms. The van der Waals surface area contributed by atoms with Crippen LogP contribution in [0.3, 0.4) is 0 Å². The van der Waals surface area contributed by atoms with Crippen molar-refractivity contribution in [2.75, 3.05) is 26.7 Å². The van der Waals surface area contributed by atoms with Crippen LogP contribution in [0, 0.1) is 0 Å². The Morgan fingerprint density at radius 1 is 1.12 bits per heavy atom.